The smallest absolute Gasteiger partial charge is 0.382 e. The minimum Gasteiger partial charge on any atom is -0.486 e. The Hall–Kier alpha value is -3.60. The number of hydrogen-bond donors (Lipinski definition) is 2. The molecule has 0 bridgehead atoms. The predicted octanol–water partition coefficient (Wildman–Crippen LogP) is 4.98. The molecule has 0 fully saturated rings. The van der Waals surface area contributed by atoms with E-state index in [9.17, 15) is 18.5 Å². The molecule has 32 heavy (non-hydrogen) atoms. The first kappa shape index (κ1) is 24.7. The maximum Gasteiger partial charge on any atom is 0.382 e. The van der Waals surface area contributed by atoms with Crippen molar-refractivity contribution in [3.63, 3.8) is 0 Å². The summed E-state index contributed by atoms with van der Waals surface area (Å²) in [4.78, 5) is 23.4. The first-order chi connectivity index (χ1) is 15.0. The van der Waals surface area contributed by atoms with Crippen LogP contribution in [0.1, 0.15) is 55.6 Å². The SMILES string of the molecule is C#Cc1cc(NC)cc2c1OC(C)(C)CC2(C)C.O=CNc1ccc(C(=O)OF)c(F)c1. The van der Waals surface area contributed by atoms with Gasteiger partial charge in [0.15, 0.2) is 0 Å². The van der Waals surface area contributed by atoms with Gasteiger partial charge in [-0.25, -0.2) is 14.1 Å². The lowest BCUT2D eigenvalue weighted by Gasteiger charge is -2.43. The maximum atomic E-state index is 13.0. The summed E-state index contributed by atoms with van der Waals surface area (Å²) in [6, 6.07) is 7.23. The van der Waals surface area contributed by atoms with E-state index in [1.54, 1.807) is 0 Å². The van der Waals surface area contributed by atoms with Gasteiger partial charge in [0.05, 0.1) is 11.1 Å². The van der Waals surface area contributed by atoms with Gasteiger partial charge in [0.2, 0.25) is 6.41 Å². The number of amides is 1. The number of terminal acetylenes is 1. The second-order valence-corrected chi connectivity index (χ2v) is 8.54. The third-order valence-electron chi connectivity index (χ3n) is 4.99. The zero-order valence-corrected chi connectivity index (χ0v) is 18.6. The second-order valence-electron chi connectivity index (χ2n) is 8.54. The van der Waals surface area contributed by atoms with Crippen molar-refractivity contribution in [1.29, 1.82) is 0 Å². The van der Waals surface area contributed by atoms with Crippen LogP contribution in [0.3, 0.4) is 0 Å². The Bertz CT molecular complexity index is 1060. The van der Waals surface area contributed by atoms with Gasteiger partial charge in [0.1, 0.15) is 17.2 Å². The number of nitrogens with one attached hydrogen (secondary N) is 2. The molecule has 0 unspecified atom stereocenters. The Morgan fingerprint density at radius 2 is 1.91 bits per heavy atom. The molecular weight excluding hydrogens is 418 g/mol. The van der Waals surface area contributed by atoms with Crippen LogP contribution in [-0.2, 0) is 15.2 Å². The van der Waals surface area contributed by atoms with Crippen molar-refractivity contribution in [1.82, 2.24) is 0 Å². The lowest BCUT2D eigenvalue weighted by molar-refractivity contribution is -0.105. The molecule has 170 valence electrons. The first-order valence-corrected chi connectivity index (χ1v) is 9.82. The van der Waals surface area contributed by atoms with Gasteiger partial charge in [0, 0.05) is 28.5 Å². The highest BCUT2D eigenvalue weighted by Gasteiger charge is 2.40. The summed E-state index contributed by atoms with van der Waals surface area (Å²) in [6.45, 7) is 8.72. The van der Waals surface area contributed by atoms with Crippen molar-refractivity contribution >= 4 is 23.8 Å². The maximum absolute atomic E-state index is 13.0. The number of ether oxygens (including phenoxy) is 1. The lowest BCUT2D eigenvalue weighted by Crippen LogP contribution is -2.41. The summed E-state index contributed by atoms with van der Waals surface area (Å²) in [5.74, 6) is 1.22. The van der Waals surface area contributed by atoms with E-state index < -0.39 is 17.3 Å². The van der Waals surface area contributed by atoms with Gasteiger partial charge >= 0.3 is 5.97 Å². The van der Waals surface area contributed by atoms with Crippen molar-refractivity contribution in [3.05, 3.63) is 52.8 Å². The van der Waals surface area contributed by atoms with E-state index in [1.165, 1.54) is 11.6 Å². The van der Waals surface area contributed by atoms with E-state index >= 15 is 0 Å². The molecule has 2 aromatic carbocycles. The molecule has 0 atom stereocenters. The number of carbonyl (C=O) groups is 2. The summed E-state index contributed by atoms with van der Waals surface area (Å²) < 4.78 is 30.5. The predicted molar refractivity (Wildman–Crippen MR) is 119 cm³/mol. The largest absolute Gasteiger partial charge is 0.486 e. The van der Waals surface area contributed by atoms with Crippen LogP contribution in [-0.4, -0.2) is 25.0 Å². The Labute approximate surface area is 186 Å². The van der Waals surface area contributed by atoms with E-state index in [-0.39, 0.29) is 16.7 Å². The van der Waals surface area contributed by atoms with Gasteiger partial charge in [0.25, 0.3) is 0 Å². The van der Waals surface area contributed by atoms with E-state index in [1.807, 2.05) is 13.1 Å². The van der Waals surface area contributed by atoms with E-state index in [0.717, 1.165) is 35.6 Å². The van der Waals surface area contributed by atoms with Gasteiger partial charge in [-0.15, -0.1) is 6.42 Å². The topological polar surface area (TPSA) is 76.7 Å². The van der Waals surface area contributed by atoms with E-state index in [2.05, 4.69) is 55.3 Å². The second kappa shape index (κ2) is 9.69. The Kier molecular flexibility index (Phi) is 7.47. The summed E-state index contributed by atoms with van der Waals surface area (Å²) >= 11 is 0. The highest BCUT2D eigenvalue weighted by molar-refractivity contribution is 5.90. The number of fused-ring (bicyclic) bond motifs is 1. The molecule has 3 rings (SSSR count). The van der Waals surface area contributed by atoms with Crippen LogP contribution in [0.5, 0.6) is 5.75 Å². The molecule has 0 saturated heterocycles. The van der Waals surface area contributed by atoms with Crippen molar-refractivity contribution in [3.8, 4) is 18.1 Å². The highest BCUT2D eigenvalue weighted by atomic mass is 19.3. The molecule has 1 heterocycles. The van der Waals surface area contributed by atoms with E-state index in [4.69, 9.17) is 11.2 Å². The van der Waals surface area contributed by atoms with Gasteiger partial charge in [-0.1, -0.05) is 19.8 Å². The van der Waals surface area contributed by atoms with Crippen LogP contribution in [0.2, 0.25) is 0 Å². The Balaban J connectivity index is 0.000000235. The minimum atomic E-state index is -1.42. The molecule has 0 spiro atoms. The molecule has 1 aliphatic heterocycles. The quantitative estimate of drug-likeness (QED) is 0.514. The van der Waals surface area contributed by atoms with Crippen LogP contribution >= 0.6 is 0 Å². The van der Waals surface area contributed by atoms with Gasteiger partial charge in [-0.2, -0.15) is 0 Å². The summed E-state index contributed by atoms with van der Waals surface area (Å²) in [6.07, 6.45) is 6.94. The zero-order chi connectivity index (χ0) is 24.1. The van der Waals surface area contributed by atoms with Crippen LogP contribution in [0.25, 0.3) is 0 Å². The van der Waals surface area contributed by atoms with Crippen molar-refractivity contribution in [2.45, 2.75) is 45.1 Å². The zero-order valence-electron chi connectivity index (χ0n) is 18.6. The number of anilines is 2. The highest BCUT2D eigenvalue weighted by Crippen LogP contribution is 2.47. The van der Waals surface area contributed by atoms with Gasteiger partial charge in [-0.3, -0.25) is 4.79 Å². The molecule has 2 aromatic rings. The first-order valence-electron chi connectivity index (χ1n) is 9.82. The van der Waals surface area contributed by atoms with Crippen LogP contribution in [0, 0.1) is 18.2 Å². The molecule has 2 N–H and O–H groups in total. The summed E-state index contributed by atoms with van der Waals surface area (Å²) in [7, 11) is 1.91. The number of rotatable bonds is 4. The average molecular weight is 444 g/mol. The van der Waals surface area contributed by atoms with Crippen LogP contribution in [0.4, 0.5) is 20.3 Å². The van der Waals surface area contributed by atoms with Crippen LogP contribution < -0.4 is 15.4 Å². The fourth-order valence-corrected chi connectivity index (χ4v) is 3.85. The third-order valence-corrected chi connectivity index (χ3v) is 4.99. The molecule has 1 amide bonds. The molecule has 8 heteroatoms. The molecule has 0 radical (unpaired) electrons. The molecule has 0 saturated carbocycles. The molecule has 0 aromatic heterocycles. The molecule has 6 nitrogen and oxygen atoms in total. The lowest BCUT2D eigenvalue weighted by atomic mass is 9.73. The van der Waals surface area contributed by atoms with Crippen molar-refractivity contribution in [2.75, 3.05) is 17.7 Å². The number of benzene rings is 2. The molecular formula is C24H26F2N2O4. The normalized spacial score (nSPS) is 14.9. The Morgan fingerprint density at radius 1 is 1.22 bits per heavy atom. The number of carbonyl (C=O) groups excluding carboxylic acids is 2. The number of hydrogen-bond acceptors (Lipinski definition) is 5. The van der Waals surface area contributed by atoms with Crippen molar-refractivity contribution in [2.24, 2.45) is 0 Å². The fourth-order valence-electron chi connectivity index (χ4n) is 3.85. The third kappa shape index (κ3) is 5.55. The number of halogens is 2. The summed E-state index contributed by atoms with van der Waals surface area (Å²) in [5, 5.41) is 5.33. The average Bonchev–Trinajstić information content (AvgIpc) is 2.72. The van der Waals surface area contributed by atoms with Gasteiger partial charge in [-0.05, 0) is 56.0 Å². The summed E-state index contributed by atoms with van der Waals surface area (Å²) in [5.41, 5.74) is 2.58. The van der Waals surface area contributed by atoms with Gasteiger partial charge < -0.3 is 15.4 Å². The Morgan fingerprint density at radius 3 is 2.44 bits per heavy atom. The molecule has 0 aliphatic carbocycles. The standard InChI is InChI=1S/C16H21NO.C8H5F2NO3/c1-7-11-8-12(17-6)9-13-14(11)18-16(4,5)10-15(13,2)3;9-7-3-5(11-4-12)1-2-6(7)8(13)14-10/h1,8-9,17H,10H2,2-6H3;1-4H,(H,11,12). The minimum absolute atomic E-state index is 0.0650. The van der Waals surface area contributed by atoms with Crippen molar-refractivity contribution < 1.29 is 28.2 Å². The van der Waals surface area contributed by atoms with Crippen LogP contribution in [0.15, 0.2) is 30.3 Å². The van der Waals surface area contributed by atoms with E-state index in [0.29, 0.717) is 6.41 Å². The monoisotopic (exact) mass is 444 g/mol. The fraction of sp³-hybridized carbons (Fsp3) is 0.333. The molecule has 1 aliphatic rings.